The number of hydrogen-bond donors (Lipinski definition) is 1. The summed E-state index contributed by atoms with van der Waals surface area (Å²) in [5.41, 5.74) is 0. The molecular weight excluding hydrogens is 272 g/mol. The fourth-order valence-electron chi connectivity index (χ4n) is 1.99. The Kier molecular flexibility index (Phi) is 5.16. The predicted molar refractivity (Wildman–Crippen MR) is 69.7 cm³/mol. The quantitative estimate of drug-likeness (QED) is 0.779. The highest BCUT2D eigenvalue weighted by atomic mass is 32.2. The molecule has 110 valence electrons. The summed E-state index contributed by atoms with van der Waals surface area (Å²) in [7, 11) is -1.59. The van der Waals surface area contributed by atoms with E-state index in [4.69, 9.17) is 5.11 Å². The van der Waals surface area contributed by atoms with E-state index in [1.54, 1.807) is 0 Å². The van der Waals surface area contributed by atoms with Crippen LogP contribution in [0.3, 0.4) is 0 Å². The van der Waals surface area contributed by atoms with Gasteiger partial charge in [0.1, 0.15) is 9.84 Å². The van der Waals surface area contributed by atoms with E-state index >= 15 is 0 Å². The number of urea groups is 1. The minimum absolute atomic E-state index is 0.0918. The van der Waals surface area contributed by atoms with Gasteiger partial charge >= 0.3 is 12.0 Å². The molecular formula is C11H20N2O5S. The second kappa shape index (κ2) is 6.23. The predicted octanol–water partition coefficient (Wildman–Crippen LogP) is -0.121. The van der Waals surface area contributed by atoms with Crippen LogP contribution in [-0.4, -0.2) is 74.0 Å². The Bertz CT molecular complexity index is 448. The summed E-state index contributed by atoms with van der Waals surface area (Å²) in [6, 6.07) is -0.311. The molecule has 1 saturated heterocycles. The zero-order valence-corrected chi connectivity index (χ0v) is 12.0. The fraction of sp³-hybridized carbons (Fsp3) is 0.818. The topological polar surface area (TPSA) is 95.0 Å². The average Bonchev–Trinajstić information content (AvgIpc) is 2.34. The molecule has 0 saturated carbocycles. The zero-order valence-electron chi connectivity index (χ0n) is 11.2. The lowest BCUT2D eigenvalue weighted by molar-refractivity contribution is -0.143. The largest absolute Gasteiger partial charge is 0.481 e. The third-order valence-corrected chi connectivity index (χ3v) is 4.09. The monoisotopic (exact) mass is 292 g/mol. The summed E-state index contributed by atoms with van der Waals surface area (Å²) in [4.78, 5) is 25.8. The van der Waals surface area contributed by atoms with Crippen molar-refractivity contribution in [3.05, 3.63) is 0 Å². The van der Waals surface area contributed by atoms with Crippen LogP contribution in [0, 0.1) is 5.92 Å². The molecule has 1 aliphatic heterocycles. The third-order valence-electron chi connectivity index (χ3n) is 3.17. The third kappa shape index (κ3) is 5.06. The van der Waals surface area contributed by atoms with E-state index in [1.165, 1.54) is 16.8 Å². The summed E-state index contributed by atoms with van der Waals surface area (Å²) >= 11 is 0. The second-order valence-corrected chi connectivity index (χ2v) is 7.22. The number of rotatable bonds is 4. The van der Waals surface area contributed by atoms with Gasteiger partial charge in [-0.3, -0.25) is 4.79 Å². The van der Waals surface area contributed by atoms with E-state index < -0.39 is 21.7 Å². The molecule has 0 aromatic heterocycles. The second-order valence-electron chi connectivity index (χ2n) is 4.96. The van der Waals surface area contributed by atoms with Crippen molar-refractivity contribution in [1.29, 1.82) is 0 Å². The highest BCUT2D eigenvalue weighted by Gasteiger charge is 2.29. The van der Waals surface area contributed by atoms with Crippen molar-refractivity contribution in [2.75, 3.05) is 38.7 Å². The molecule has 19 heavy (non-hydrogen) atoms. The number of hydrogen-bond acceptors (Lipinski definition) is 4. The summed E-state index contributed by atoms with van der Waals surface area (Å²) in [6.07, 6.45) is 2.35. The van der Waals surface area contributed by atoms with Gasteiger partial charge in [-0.2, -0.15) is 0 Å². The lowest BCUT2D eigenvalue weighted by Gasteiger charge is -2.33. The number of carboxylic acids is 1. The van der Waals surface area contributed by atoms with Gasteiger partial charge in [-0.1, -0.05) is 0 Å². The fourth-order valence-corrected chi connectivity index (χ4v) is 2.60. The van der Waals surface area contributed by atoms with Crippen molar-refractivity contribution in [3.63, 3.8) is 0 Å². The summed E-state index contributed by atoms with van der Waals surface area (Å²) in [5, 5.41) is 8.96. The number of amides is 2. The first-order valence-corrected chi connectivity index (χ1v) is 8.17. The van der Waals surface area contributed by atoms with E-state index in [0.29, 0.717) is 19.4 Å². The number of carbonyl (C=O) groups excluding carboxylic acids is 1. The van der Waals surface area contributed by atoms with Crippen LogP contribution < -0.4 is 0 Å². The van der Waals surface area contributed by atoms with Gasteiger partial charge in [0, 0.05) is 32.9 Å². The molecule has 1 rings (SSSR count). The van der Waals surface area contributed by atoms with Gasteiger partial charge in [0.25, 0.3) is 0 Å². The van der Waals surface area contributed by atoms with E-state index in [0.717, 1.165) is 6.26 Å². The van der Waals surface area contributed by atoms with E-state index in [1.807, 2.05) is 0 Å². The number of piperidine rings is 1. The molecule has 0 radical (unpaired) electrons. The van der Waals surface area contributed by atoms with Crippen LogP contribution in [0.2, 0.25) is 0 Å². The normalized spacial score (nSPS) is 20.1. The number of carboxylic acid groups (broad SMARTS) is 1. The Balaban J connectivity index is 2.54. The van der Waals surface area contributed by atoms with E-state index in [9.17, 15) is 18.0 Å². The SMILES string of the molecule is CN(CCS(C)(=O)=O)C(=O)N1CCCC(C(=O)O)C1. The van der Waals surface area contributed by atoms with Crippen molar-refractivity contribution < 1.29 is 23.1 Å². The Morgan fingerprint density at radius 2 is 2.05 bits per heavy atom. The first kappa shape index (κ1) is 15.7. The molecule has 1 N–H and O–H groups in total. The minimum atomic E-state index is -3.11. The van der Waals surface area contributed by atoms with Crippen molar-refractivity contribution in [2.45, 2.75) is 12.8 Å². The number of aliphatic carboxylic acids is 1. The lowest BCUT2D eigenvalue weighted by atomic mass is 9.99. The first-order valence-electron chi connectivity index (χ1n) is 6.11. The Morgan fingerprint density at radius 3 is 2.58 bits per heavy atom. The highest BCUT2D eigenvalue weighted by molar-refractivity contribution is 7.90. The molecule has 0 spiro atoms. The maximum Gasteiger partial charge on any atom is 0.319 e. The van der Waals surface area contributed by atoms with Crippen LogP contribution in [0.25, 0.3) is 0 Å². The van der Waals surface area contributed by atoms with Gasteiger partial charge < -0.3 is 14.9 Å². The molecule has 1 heterocycles. The highest BCUT2D eigenvalue weighted by Crippen LogP contribution is 2.17. The molecule has 1 fully saturated rings. The maximum absolute atomic E-state index is 12.0. The van der Waals surface area contributed by atoms with Crippen molar-refractivity contribution >= 4 is 21.8 Å². The number of carbonyl (C=O) groups is 2. The Morgan fingerprint density at radius 1 is 1.42 bits per heavy atom. The van der Waals surface area contributed by atoms with Gasteiger partial charge in [-0.05, 0) is 12.8 Å². The van der Waals surface area contributed by atoms with Crippen LogP contribution in [0.5, 0.6) is 0 Å². The standard InChI is InChI=1S/C11H20N2O5S/c1-12(6-7-19(2,17)18)11(16)13-5-3-4-9(8-13)10(14)15/h9H,3-8H2,1-2H3,(H,14,15). The molecule has 0 bridgehead atoms. The van der Waals surface area contributed by atoms with Gasteiger partial charge in [-0.15, -0.1) is 0 Å². The van der Waals surface area contributed by atoms with E-state index in [2.05, 4.69) is 0 Å². The Hall–Kier alpha value is -1.31. The molecule has 0 aliphatic carbocycles. The summed E-state index contributed by atoms with van der Waals surface area (Å²) in [5.74, 6) is -1.51. The molecule has 1 atom stereocenters. The van der Waals surface area contributed by atoms with Crippen LogP contribution in [0.15, 0.2) is 0 Å². The zero-order chi connectivity index (χ0) is 14.6. The van der Waals surface area contributed by atoms with E-state index in [-0.39, 0.29) is 24.9 Å². The van der Waals surface area contributed by atoms with Crippen molar-refractivity contribution in [1.82, 2.24) is 9.80 Å². The first-order chi connectivity index (χ1) is 8.70. The molecule has 8 heteroatoms. The maximum atomic E-state index is 12.0. The average molecular weight is 292 g/mol. The minimum Gasteiger partial charge on any atom is -0.481 e. The smallest absolute Gasteiger partial charge is 0.319 e. The van der Waals surface area contributed by atoms with Crippen LogP contribution in [0.4, 0.5) is 4.79 Å². The Labute approximate surface area is 113 Å². The van der Waals surface area contributed by atoms with Crippen LogP contribution in [0.1, 0.15) is 12.8 Å². The van der Waals surface area contributed by atoms with Crippen LogP contribution in [-0.2, 0) is 14.6 Å². The molecule has 0 aromatic rings. The van der Waals surface area contributed by atoms with Gasteiger partial charge in [-0.25, -0.2) is 13.2 Å². The van der Waals surface area contributed by atoms with Gasteiger partial charge in [0.15, 0.2) is 0 Å². The number of nitrogens with zero attached hydrogens (tertiary/aromatic N) is 2. The lowest BCUT2D eigenvalue weighted by Crippen LogP contribution is -2.48. The van der Waals surface area contributed by atoms with Crippen molar-refractivity contribution in [3.8, 4) is 0 Å². The van der Waals surface area contributed by atoms with Crippen molar-refractivity contribution in [2.24, 2.45) is 5.92 Å². The molecule has 0 aromatic carbocycles. The summed E-state index contributed by atoms with van der Waals surface area (Å²) in [6.45, 7) is 0.828. The molecule has 1 unspecified atom stereocenters. The number of sulfone groups is 1. The molecule has 7 nitrogen and oxygen atoms in total. The molecule has 1 aliphatic rings. The van der Waals surface area contributed by atoms with Crippen LogP contribution >= 0.6 is 0 Å². The molecule has 2 amide bonds. The van der Waals surface area contributed by atoms with Gasteiger partial charge in [0.2, 0.25) is 0 Å². The van der Waals surface area contributed by atoms with Gasteiger partial charge in [0.05, 0.1) is 11.7 Å². The number of likely N-dealkylation sites (tertiary alicyclic amines) is 1. The summed E-state index contributed by atoms with van der Waals surface area (Å²) < 4.78 is 22.1.